The predicted octanol–water partition coefficient (Wildman–Crippen LogP) is 2.39. The van der Waals surface area contributed by atoms with Crippen molar-refractivity contribution in [1.29, 1.82) is 0 Å². The van der Waals surface area contributed by atoms with Crippen LogP contribution in [-0.2, 0) is 6.54 Å². The van der Waals surface area contributed by atoms with Crippen LogP contribution in [0.3, 0.4) is 0 Å². The Morgan fingerprint density at radius 3 is 2.56 bits per heavy atom. The molecule has 1 atom stereocenters. The van der Waals surface area contributed by atoms with Gasteiger partial charge in [0.05, 0.1) is 17.9 Å². The van der Waals surface area contributed by atoms with Crippen LogP contribution in [0.5, 0.6) is 0 Å². The van der Waals surface area contributed by atoms with Crippen LogP contribution in [0.1, 0.15) is 38.1 Å². The second kappa shape index (κ2) is 5.78. The lowest BCUT2D eigenvalue weighted by Gasteiger charge is -2.11. The Hall–Kier alpha value is -1.68. The molecule has 0 saturated carbocycles. The quantitative estimate of drug-likeness (QED) is 0.878. The second-order valence-electron chi connectivity index (χ2n) is 4.81. The van der Waals surface area contributed by atoms with Gasteiger partial charge in [-0.05, 0) is 12.5 Å². The van der Waals surface area contributed by atoms with Gasteiger partial charge in [-0.1, -0.05) is 49.4 Å². The van der Waals surface area contributed by atoms with Gasteiger partial charge in [-0.2, -0.15) is 0 Å². The van der Waals surface area contributed by atoms with Gasteiger partial charge in [-0.15, -0.1) is 5.10 Å². The molecule has 0 saturated heterocycles. The van der Waals surface area contributed by atoms with Gasteiger partial charge < -0.3 is 5.32 Å². The van der Waals surface area contributed by atoms with Crippen molar-refractivity contribution in [2.24, 2.45) is 0 Å². The maximum atomic E-state index is 4.20. The lowest BCUT2D eigenvalue weighted by Crippen LogP contribution is -2.21. The van der Waals surface area contributed by atoms with Gasteiger partial charge in [0.1, 0.15) is 0 Å². The molecule has 18 heavy (non-hydrogen) atoms. The van der Waals surface area contributed by atoms with E-state index in [4.69, 9.17) is 0 Å². The summed E-state index contributed by atoms with van der Waals surface area (Å²) >= 11 is 0. The lowest BCUT2D eigenvalue weighted by molar-refractivity contribution is 0.543. The molecular weight excluding hydrogens is 224 g/mol. The zero-order chi connectivity index (χ0) is 13.0. The molecule has 4 nitrogen and oxygen atoms in total. The third-order valence-corrected chi connectivity index (χ3v) is 2.93. The average molecular weight is 244 g/mol. The number of benzene rings is 1. The van der Waals surface area contributed by atoms with E-state index in [1.165, 1.54) is 5.56 Å². The Kier molecular flexibility index (Phi) is 4.10. The molecule has 0 aliphatic heterocycles. The van der Waals surface area contributed by atoms with Crippen molar-refractivity contribution in [2.75, 3.05) is 0 Å². The van der Waals surface area contributed by atoms with E-state index in [0.29, 0.717) is 6.04 Å². The fourth-order valence-corrected chi connectivity index (χ4v) is 1.78. The largest absolute Gasteiger partial charge is 0.309 e. The highest BCUT2D eigenvalue weighted by Crippen LogP contribution is 2.16. The van der Waals surface area contributed by atoms with Gasteiger partial charge in [0.15, 0.2) is 0 Å². The zero-order valence-corrected chi connectivity index (χ0v) is 11.2. The molecule has 0 aliphatic rings. The summed E-state index contributed by atoms with van der Waals surface area (Å²) in [6.07, 6.45) is 2.01. The van der Waals surface area contributed by atoms with Gasteiger partial charge in [-0.3, -0.25) is 0 Å². The Morgan fingerprint density at radius 1 is 1.17 bits per heavy atom. The molecule has 2 rings (SSSR count). The third-order valence-electron chi connectivity index (χ3n) is 2.93. The SMILES string of the molecule is CC(C)NCc1cn(C(C)c2ccccc2)nn1. The van der Waals surface area contributed by atoms with Crippen molar-refractivity contribution in [3.8, 4) is 0 Å². The normalized spacial score (nSPS) is 12.9. The number of nitrogens with zero attached hydrogens (tertiary/aromatic N) is 3. The summed E-state index contributed by atoms with van der Waals surface area (Å²) in [6, 6.07) is 11.0. The number of rotatable bonds is 5. The van der Waals surface area contributed by atoms with Crippen molar-refractivity contribution < 1.29 is 0 Å². The maximum absolute atomic E-state index is 4.20. The molecule has 96 valence electrons. The first-order valence-electron chi connectivity index (χ1n) is 6.36. The predicted molar refractivity (Wildman–Crippen MR) is 72.3 cm³/mol. The van der Waals surface area contributed by atoms with E-state index in [-0.39, 0.29) is 6.04 Å². The van der Waals surface area contributed by atoms with Crippen LogP contribution in [0.2, 0.25) is 0 Å². The van der Waals surface area contributed by atoms with Crippen molar-refractivity contribution in [3.63, 3.8) is 0 Å². The van der Waals surface area contributed by atoms with E-state index < -0.39 is 0 Å². The molecule has 0 amide bonds. The van der Waals surface area contributed by atoms with Gasteiger partial charge in [-0.25, -0.2) is 4.68 Å². The minimum absolute atomic E-state index is 0.214. The van der Waals surface area contributed by atoms with Crippen LogP contribution in [0.15, 0.2) is 36.5 Å². The Bertz CT molecular complexity index is 476. The molecule has 0 radical (unpaired) electrons. The maximum Gasteiger partial charge on any atom is 0.0965 e. The highest BCUT2D eigenvalue weighted by Gasteiger charge is 2.09. The first-order valence-corrected chi connectivity index (χ1v) is 6.36. The zero-order valence-electron chi connectivity index (χ0n) is 11.2. The Labute approximate surface area is 108 Å². The topological polar surface area (TPSA) is 42.7 Å². The molecule has 4 heteroatoms. The average Bonchev–Trinajstić information content (AvgIpc) is 2.85. The van der Waals surface area contributed by atoms with Gasteiger partial charge in [0, 0.05) is 12.6 Å². The van der Waals surface area contributed by atoms with E-state index in [9.17, 15) is 0 Å². The fourth-order valence-electron chi connectivity index (χ4n) is 1.78. The third kappa shape index (κ3) is 3.17. The summed E-state index contributed by atoms with van der Waals surface area (Å²) in [7, 11) is 0. The summed E-state index contributed by atoms with van der Waals surface area (Å²) in [5.41, 5.74) is 2.22. The van der Waals surface area contributed by atoms with E-state index in [0.717, 1.165) is 12.2 Å². The fraction of sp³-hybridized carbons (Fsp3) is 0.429. The van der Waals surface area contributed by atoms with Crippen LogP contribution in [-0.4, -0.2) is 21.0 Å². The minimum atomic E-state index is 0.214. The van der Waals surface area contributed by atoms with Crippen molar-refractivity contribution in [3.05, 3.63) is 47.8 Å². The first kappa shape index (κ1) is 12.8. The van der Waals surface area contributed by atoms with E-state index in [1.54, 1.807) is 0 Å². The molecule has 2 aromatic rings. The Morgan fingerprint density at radius 2 is 1.89 bits per heavy atom. The number of hydrogen-bond acceptors (Lipinski definition) is 3. The number of aromatic nitrogens is 3. The molecule has 0 spiro atoms. The smallest absolute Gasteiger partial charge is 0.0965 e. The summed E-state index contributed by atoms with van der Waals surface area (Å²) < 4.78 is 1.91. The Balaban J connectivity index is 2.06. The lowest BCUT2D eigenvalue weighted by atomic mass is 10.1. The van der Waals surface area contributed by atoms with Crippen LogP contribution < -0.4 is 5.32 Å². The highest BCUT2D eigenvalue weighted by molar-refractivity contribution is 5.18. The monoisotopic (exact) mass is 244 g/mol. The van der Waals surface area contributed by atoms with Crippen LogP contribution in [0.25, 0.3) is 0 Å². The van der Waals surface area contributed by atoms with Crippen molar-refractivity contribution in [2.45, 2.75) is 39.4 Å². The van der Waals surface area contributed by atoms with Crippen LogP contribution in [0.4, 0.5) is 0 Å². The summed E-state index contributed by atoms with van der Waals surface area (Å²) in [5, 5.41) is 11.7. The molecule has 1 unspecified atom stereocenters. The second-order valence-corrected chi connectivity index (χ2v) is 4.81. The van der Waals surface area contributed by atoms with E-state index >= 15 is 0 Å². The molecule has 1 heterocycles. The van der Waals surface area contributed by atoms with Crippen LogP contribution >= 0.6 is 0 Å². The molecule has 1 N–H and O–H groups in total. The molecule has 0 aliphatic carbocycles. The standard InChI is InChI=1S/C14H20N4/c1-11(2)15-9-14-10-18(17-16-14)12(3)13-7-5-4-6-8-13/h4-8,10-12,15H,9H2,1-3H3. The van der Waals surface area contributed by atoms with Gasteiger partial charge >= 0.3 is 0 Å². The van der Waals surface area contributed by atoms with Crippen LogP contribution in [0, 0.1) is 0 Å². The molecule has 1 aromatic carbocycles. The van der Waals surface area contributed by atoms with E-state index in [1.807, 2.05) is 29.1 Å². The van der Waals surface area contributed by atoms with E-state index in [2.05, 4.69) is 48.5 Å². The minimum Gasteiger partial charge on any atom is -0.309 e. The van der Waals surface area contributed by atoms with Crippen molar-refractivity contribution >= 4 is 0 Å². The van der Waals surface area contributed by atoms with Crippen molar-refractivity contribution in [1.82, 2.24) is 20.3 Å². The number of nitrogens with one attached hydrogen (secondary N) is 1. The molecule has 0 bridgehead atoms. The summed E-state index contributed by atoms with van der Waals surface area (Å²) in [5.74, 6) is 0. The molecular formula is C14H20N4. The summed E-state index contributed by atoms with van der Waals surface area (Å²) in [4.78, 5) is 0. The molecule has 1 aromatic heterocycles. The van der Waals surface area contributed by atoms with Gasteiger partial charge in [0.25, 0.3) is 0 Å². The molecule has 0 fully saturated rings. The number of hydrogen-bond donors (Lipinski definition) is 1. The first-order chi connectivity index (χ1) is 8.66. The summed E-state index contributed by atoms with van der Waals surface area (Å²) in [6.45, 7) is 7.14. The highest BCUT2D eigenvalue weighted by atomic mass is 15.4. The van der Waals surface area contributed by atoms with Gasteiger partial charge in [0.2, 0.25) is 0 Å².